The van der Waals surface area contributed by atoms with Gasteiger partial charge in [0.1, 0.15) is 0 Å². The summed E-state index contributed by atoms with van der Waals surface area (Å²) in [7, 11) is 1.60. The van der Waals surface area contributed by atoms with E-state index in [-0.39, 0.29) is 0 Å². The van der Waals surface area contributed by atoms with Crippen LogP contribution in [0.25, 0.3) is 0 Å². The van der Waals surface area contributed by atoms with Crippen molar-refractivity contribution in [1.29, 1.82) is 0 Å². The van der Waals surface area contributed by atoms with Gasteiger partial charge < -0.3 is 20.5 Å². The van der Waals surface area contributed by atoms with E-state index in [4.69, 9.17) is 15.2 Å². The lowest BCUT2D eigenvalue weighted by Crippen LogP contribution is -2.15. The van der Waals surface area contributed by atoms with Crippen molar-refractivity contribution in [1.82, 2.24) is 4.37 Å². The fourth-order valence-corrected chi connectivity index (χ4v) is 2.76. The molecule has 0 aromatic carbocycles. The summed E-state index contributed by atoms with van der Waals surface area (Å²) in [5.41, 5.74) is 5.66. The monoisotopic (exact) mass is 257 g/mol. The number of nitrogens with two attached hydrogens (primary N) is 1. The summed E-state index contributed by atoms with van der Waals surface area (Å²) in [6, 6.07) is 0. The largest absolute Gasteiger partial charge is 0.490 e. The van der Waals surface area contributed by atoms with Gasteiger partial charge in [0.15, 0.2) is 16.6 Å². The third-order valence-corrected chi connectivity index (χ3v) is 3.72. The summed E-state index contributed by atoms with van der Waals surface area (Å²) in [5, 5.41) is 4.11. The van der Waals surface area contributed by atoms with Crippen molar-refractivity contribution >= 4 is 22.4 Å². The predicted molar refractivity (Wildman–Crippen MR) is 69.8 cm³/mol. The number of nitrogens with zero attached hydrogens (tertiary/aromatic N) is 1. The number of hydrogen-bond donors (Lipinski definition) is 2. The molecular weight excluding hydrogens is 238 g/mol. The van der Waals surface area contributed by atoms with Gasteiger partial charge in [-0.05, 0) is 24.4 Å². The van der Waals surface area contributed by atoms with E-state index in [2.05, 4.69) is 9.69 Å². The zero-order valence-corrected chi connectivity index (χ0v) is 10.9. The molecule has 5 nitrogen and oxygen atoms in total. The van der Waals surface area contributed by atoms with Crippen molar-refractivity contribution in [3.63, 3.8) is 0 Å². The minimum Gasteiger partial charge on any atom is -0.490 e. The van der Waals surface area contributed by atoms with E-state index in [0.29, 0.717) is 24.3 Å². The van der Waals surface area contributed by atoms with Crippen LogP contribution in [0.4, 0.5) is 10.8 Å². The molecule has 0 bridgehead atoms. The number of nitrogens with one attached hydrogen (secondary N) is 1. The Kier molecular flexibility index (Phi) is 4.44. The number of hydrogen-bond acceptors (Lipinski definition) is 6. The highest BCUT2D eigenvalue weighted by molar-refractivity contribution is 7.11. The van der Waals surface area contributed by atoms with E-state index in [9.17, 15) is 0 Å². The van der Waals surface area contributed by atoms with Crippen LogP contribution in [0.15, 0.2) is 0 Å². The van der Waals surface area contributed by atoms with Crippen molar-refractivity contribution in [3.05, 3.63) is 0 Å². The Labute approximate surface area is 105 Å². The van der Waals surface area contributed by atoms with Crippen molar-refractivity contribution in [2.45, 2.75) is 31.8 Å². The Bertz CT molecular complexity index is 350. The number of methoxy groups -OCH3 is 1. The van der Waals surface area contributed by atoms with Gasteiger partial charge in [0, 0.05) is 6.54 Å². The first-order valence-electron chi connectivity index (χ1n) is 5.96. The maximum atomic E-state index is 5.75. The van der Waals surface area contributed by atoms with Gasteiger partial charge in [0.2, 0.25) is 0 Å². The molecular formula is C11H19N3O2S. The summed E-state index contributed by atoms with van der Waals surface area (Å²) in [5.74, 6) is 1.08. The molecule has 1 aromatic heterocycles. The highest BCUT2D eigenvalue weighted by atomic mass is 32.1. The van der Waals surface area contributed by atoms with Crippen LogP contribution in [0.5, 0.6) is 5.75 Å². The normalized spacial score (nSPS) is 16.3. The summed E-state index contributed by atoms with van der Waals surface area (Å²) in [6.07, 6.45) is 5.48. The zero-order chi connectivity index (χ0) is 12.1. The first-order valence-corrected chi connectivity index (χ1v) is 6.73. The van der Waals surface area contributed by atoms with Gasteiger partial charge in [-0.15, -0.1) is 0 Å². The minimum absolute atomic E-state index is 0.441. The standard InChI is InChI=1S/C11H19N3O2S/c1-15-9-10(12)14-17-11(9)13-6-7-16-8-4-2-3-5-8/h8,13H,2-7H2,1H3,(H2,12,14). The summed E-state index contributed by atoms with van der Waals surface area (Å²) in [4.78, 5) is 0. The van der Waals surface area contributed by atoms with E-state index in [1.165, 1.54) is 37.2 Å². The summed E-state index contributed by atoms with van der Waals surface area (Å²) in [6.45, 7) is 1.47. The van der Waals surface area contributed by atoms with Crippen LogP contribution < -0.4 is 15.8 Å². The Morgan fingerprint density at radius 2 is 2.24 bits per heavy atom. The van der Waals surface area contributed by atoms with Crippen molar-refractivity contribution < 1.29 is 9.47 Å². The van der Waals surface area contributed by atoms with Gasteiger partial charge in [-0.25, -0.2) is 0 Å². The number of ether oxygens (including phenoxy) is 2. The molecule has 3 N–H and O–H groups in total. The summed E-state index contributed by atoms with van der Waals surface area (Å²) < 4.78 is 15.0. The number of anilines is 2. The molecule has 1 heterocycles. The molecule has 96 valence electrons. The molecule has 0 amide bonds. The van der Waals surface area contributed by atoms with Gasteiger partial charge in [-0.1, -0.05) is 12.8 Å². The van der Waals surface area contributed by atoms with Crippen LogP contribution in [0.3, 0.4) is 0 Å². The number of nitrogen functional groups attached to an aromatic ring is 1. The van der Waals surface area contributed by atoms with Gasteiger partial charge >= 0.3 is 0 Å². The van der Waals surface area contributed by atoms with E-state index in [1.807, 2.05) is 0 Å². The topological polar surface area (TPSA) is 69.4 Å². The molecule has 0 aliphatic heterocycles. The lowest BCUT2D eigenvalue weighted by Gasteiger charge is -2.11. The van der Waals surface area contributed by atoms with Gasteiger partial charge in [-0.3, -0.25) is 0 Å². The molecule has 17 heavy (non-hydrogen) atoms. The molecule has 0 unspecified atom stereocenters. The van der Waals surface area contributed by atoms with Crippen LogP contribution >= 0.6 is 11.5 Å². The van der Waals surface area contributed by atoms with E-state index >= 15 is 0 Å². The maximum absolute atomic E-state index is 5.75. The Morgan fingerprint density at radius 3 is 2.94 bits per heavy atom. The van der Waals surface area contributed by atoms with E-state index in [1.54, 1.807) is 7.11 Å². The Balaban J connectivity index is 1.70. The fourth-order valence-electron chi connectivity index (χ4n) is 2.05. The summed E-state index contributed by atoms with van der Waals surface area (Å²) >= 11 is 1.32. The molecule has 6 heteroatoms. The lowest BCUT2D eigenvalue weighted by molar-refractivity contribution is 0.0659. The number of rotatable bonds is 6. The molecule has 0 spiro atoms. The van der Waals surface area contributed by atoms with Crippen LogP contribution in [0.2, 0.25) is 0 Å². The van der Waals surface area contributed by atoms with Crippen LogP contribution in [0, 0.1) is 0 Å². The molecule has 0 saturated heterocycles. The first kappa shape index (κ1) is 12.4. The minimum atomic E-state index is 0.441. The van der Waals surface area contributed by atoms with E-state index in [0.717, 1.165) is 11.5 Å². The maximum Gasteiger partial charge on any atom is 0.197 e. The lowest BCUT2D eigenvalue weighted by atomic mass is 10.3. The first-order chi connectivity index (χ1) is 8.31. The molecule has 1 aliphatic carbocycles. The third kappa shape index (κ3) is 3.23. The van der Waals surface area contributed by atoms with Crippen LogP contribution in [-0.2, 0) is 4.74 Å². The number of aromatic nitrogens is 1. The van der Waals surface area contributed by atoms with Crippen LogP contribution in [0.1, 0.15) is 25.7 Å². The molecule has 1 aliphatic rings. The molecule has 2 rings (SSSR count). The van der Waals surface area contributed by atoms with Crippen LogP contribution in [-0.4, -0.2) is 30.7 Å². The average Bonchev–Trinajstić information content (AvgIpc) is 2.94. The van der Waals surface area contributed by atoms with Crippen molar-refractivity contribution in [2.24, 2.45) is 0 Å². The highest BCUT2D eigenvalue weighted by Crippen LogP contribution is 2.34. The molecule has 1 saturated carbocycles. The van der Waals surface area contributed by atoms with Gasteiger partial charge in [0.05, 0.1) is 19.8 Å². The Hall–Kier alpha value is -1.01. The van der Waals surface area contributed by atoms with Gasteiger partial charge in [0.25, 0.3) is 0 Å². The SMILES string of the molecule is COc1c(N)nsc1NCCOC1CCCC1. The molecule has 1 fully saturated rings. The highest BCUT2D eigenvalue weighted by Gasteiger charge is 2.15. The Morgan fingerprint density at radius 1 is 1.47 bits per heavy atom. The second kappa shape index (κ2) is 6.07. The molecule has 0 atom stereocenters. The average molecular weight is 257 g/mol. The smallest absolute Gasteiger partial charge is 0.197 e. The second-order valence-corrected chi connectivity index (χ2v) is 4.91. The fraction of sp³-hybridized carbons (Fsp3) is 0.727. The third-order valence-electron chi connectivity index (χ3n) is 2.92. The van der Waals surface area contributed by atoms with Crippen molar-refractivity contribution in [2.75, 3.05) is 31.3 Å². The predicted octanol–water partition coefficient (Wildman–Crippen LogP) is 2.10. The van der Waals surface area contributed by atoms with Gasteiger partial charge in [-0.2, -0.15) is 4.37 Å². The second-order valence-electron chi connectivity index (χ2n) is 4.13. The molecule has 0 radical (unpaired) electrons. The van der Waals surface area contributed by atoms with Crippen molar-refractivity contribution in [3.8, 4) is 5.75 Å². The zero-order valence-electron chi connectivity index (χ0n) is 10.1. The quantitative estimate of drug-likeness (QED) is 0.764. The molecule has 1 aromatic rings. The van der Waals surface area contributed by atoms with E-state index < -0.39 is 0 Å².